The first kappa shape index (κ1) is 18.0. The van der Waals surface area contributed by atoms with E-state index < -0.39 is 22.1 Å². The molecule has 1 aromatic carbocycles. The van der Waals surface area contributed by atoms with Crippen molar-refractivity contribution in [2.24, 2.45) is 0 Å². The number of aliphatic hydroxyl groups is 2. The van der Waals surface area contributed by atoms with Crippen LogP contribution in [0.3, 0.4) is 0 Å². The summed E-state index contributed by atoms with van der Waals surface area (Å²) in [7, 11) is 0. The molecule has 3 N–H and O–H groups in total. The van der Waals surface area contributed by atoms with Crippen molar-refractivity contribution < 1.29 is 25.0 Å². The minimum absolute atomic E-state index is 0.0422. The molecule has 7 nitrogen and oxygen atoms in total. The number of nitro groups is 1. The van der Waals surface area contributed by atoms with Crippen LogP contribution in [0.25, 0.3) is 0 Å². The number of carboxylic acids is 1. The highest BCUT2D eigenvalue weighted by atomic mass is 16.6. The Morgan fingerprint density at radius 1 is 1.05 bits per heavy atom. The zero-order chi connectivity index (χ0) is 16.1. The second-order valence-corrected chi connectivity index (χ2v) is 5.23. The number of hydrogen-bond acceptors (Lipinski definition) is 5. The lowest BCUT2D eigenvalue weighted by Crippen LogP contribution is -2.44. The Morgan fingerprint density at radius 3 is 1.60 bits per heavy atom. The molecule has 0 fully saturated rings. The van der Waals surface area contributed by atoms with Gasteiger partial charge in [0.1, 0.15) is 0 Å². The Bertz CT molecular complexity index is 422. The van der Waals surface area contributed by atoms with Crippen molar-refractivity contribution in [2.75, 3.05) is 0 Å². The van der Waals surface area contributed by atoms with Crippen molar-refractivity contribution in [2.45, 2.75) is 38.9 Å². The van der Waals surface area contributed by atoms with Gasteiger partial charge in [-0.25, -0.2) is 4.79 Å². The third-order valence-corrected chi connectivity index (χ3v) is 2.82. The molecule has 7 heteroatoms. The Morgan fingerprint density at radius 2 is 1.40 bits per heavy atom. The molecule has 0 aromatic heterocycles. The summed E-state index contributed by atoms with van der Waals surface area (Å²) in [6.45, 7) is 6.31. The molecule has 1 rings (SSSR count). The second kappa shape index (κ2) is 6.44. The van der Waals surface area contributed by atoms with Crippen molar-refractivity contribution in [3.8, 4) is 0 Å². The van der Waals surface area contributed by atoms with Gasteiger partial charge in [0.25, 0.3) is 5.69 Å². The van der Waals surface area contributed by atoms with Gasteiger partial charge in [-0.15, -0.1) is 0 Å². The maximum absolute atomic E-state index is 10.3. The van der Waals surface area contributed by atoms with Gasteiger partial charge in [0.05, 0.1) is 21.7 Å². The van der Waals surface area contributed by atoms with Crippen LogP contribution in [0.2, 0.25) is 0 Å². The molecule has 0 radical (unpaired) electrons. The fourth-order valence-corrected chi connectivity index (χ4v) is 0.726. The SMILES string of the molecule is CC(C)(O)C(C)(C)O.O=C(O)c1ccc([N+](=O)[O-])cc1. The van der Waals surface area contributed by atoms with E-state index in [9.17, 15) is 14.9 Å². The van der Waals surface area contributed by atoms with Crippen LogP contribution in [0.5, 0.6) is 0 Å². The summed E-state index contributed by atoms with van der Waals surface area (Å²) >= 11 is 0. The van der Waals surface area contributed by atoms with Crippen LogP contribution in [0, 0.1) is 10.1 Å². The molecule has 0 amide bonds. The number of carboxylic acid groups (broad SMARTS) is 1. The normalized spacial score (nSPS) is 11.3. The Labute approximate surface area is 116 Å². The van der Waals surface area contributed by atoms with E-state index in [2.05, 4.69) is 0 Å². The maximum Gasteiger partial charge on any atom is 0.335 e. The third kappa shape index (κ3) is 5.77. The standard InChI is InChI=1S/C7H5NO4.C6H14O2/c9-7(10)5-1-3-6(4-2-5)8(11)12;1-5(2,7)6(3,4)8/h1-4H,(H,9,10);7-8H,1-4H3. The highest BCUT2D eigenvalue weighted by molar-refractivity contribution is 5.87. The average molecular weight is 285 g/mol. The Balaban J connectivity index is 0.000000396. The van der Waals surface area contributed by atoms with Crippen LogP contribution in [-0.4, -0.2) is 37.4 Å². The van der Waals surface area contributed by atoms with E-state index in [0.29, 0.717) is 0 Å². The zero-order valence-corrected chi connectivity index (χ0v) is 11.8. The lowest BCUT2D eigenvalue weighted by atomic mass is 9.90. The molecule has 0 aliphatic heterocycles. The minimum Gasteiger partial charge on any atom is -0.478 e. The van der Waals surface area contributed by atoms with E-state index in [1.54, 1.807) is 27.7 Å². The van der Waals surface area contributed by atoms with Crippen LogP contribution in [0.1, 0.15) is 38.1 Å². The van der Waals surface area contributed by atoms with Crippen LogP contribution in [-0.2, 0) is 0 Å². The summed E-state index contributed by atoms with van der Waals surface area (Å²) in [6.07, 6.45) is 0. The molecule has 0 unspecified atom stereocenters. The lowest BCUT2D eigenvalue weighted by Gasteiger charge is -2.31. The molecule has 0 saturated heterocycles. The van der Waals surface area contributed by atoms with Crippen molar-refractivity contribution >= 4 is 11.7 Å². The van der Waals surface area contributed by atoms with Crippen molar-refractivity contribution in [1.29, 1.82) is 0 Å². The predicted octanol–water partition coefficient (Wildman–Crippen LogP) is 1.82. The van der Waals surface area contributed by atoms with Crippen molar-refractivity contribution in [1.82, 2.24) is 0 Å². The van der Waals surface area contributed by atoms with Gasteiger partial charge in [0.15, 0.2) is 0 Å². The summed E-state index contributed by atoms with van der Waals surface area (Å²) in [4.78, 5) is 19.9. The van der Waals surface area contributed by atoms with Gasteiger partial charge in [-0.1, -0.05) is 0 Å². The van der Waals surface area contributed by atoms with E-state index in [1.807, 2.05) is 0 Å². The van der Waals surface area contributed by atoms with Gasteiger partial charge in [-0.3, -0.25) is 10.1 Å². The minimum atomic E-state index is -1.09. The number of benzene rings is 1. The maximum atomic E-state index is 10.3. The Kier molecular flexibility index (Phi) is 5.80. The summed E-state index contributed by atoms with van der Waals surface area (Å²) < 4.78 is 0. The molecule has 0 heterocycles. The molecule has 0 atom stereocenters. The molecule has 20 heavy (non-hydrogen) atoms. The summed E-state index contributed by atoms with van der Waals surface area (Å²) in [6, 6.07) is 4.70. The topological polar surface area (TPSA) is 121 Å². The van der Waals surface area contributed by atoms with E-state index in [4.69, 9.17) is 15.3 Å². The van der Waals surface area contributed by atoms with Gasteiger partial charge in [0, 0.05) is 12.1 Å². The number of non-ortho nitro benzene ring substituents is 1. The number of nitro benzene ring substituents is 1. The smallest absolute Gasteiger partial charge is 0.335 e. The first-order chi connectivity index (χ1) is 8.86. The highest BCUT2D eigenvalue weighted by Crippen LogP contribution is 2.19. The number of carbonyl (C=O) groups is 1. The summed E-state index contributed by atoms with van der Waals surface area (Å²) in [5, 5.41) is 36.8. The summed E-state index contributed by atoms with van der Waals surface area (Å²) in [5.74, 6) is -1.09. The average Bonchev–Trinajstić information content (AvgIpc) is 2.27. The van der Waals surface area contributed by atoms with Crippen molar-refractivity contribution in [3.63, 3.8) is 0 Å². The zero-order valence-electron chi connectivity index (χ0n) is 11.8. The molecular formula is C13H19NO6. The van der Waals surface area contributed by atoms with Crippen LogP contribution in [0.15, 0.2) is 24.3 Å². The van der Waals surface area contributed by atoms with Crippen LogP contribution < -0.4 is 0 Å². The predicted molar refractivity (Wildman–Crippen MR) is 72.7 cm³/mol. The number of aromatic carboxylic acids is 1. The van der Waals surface area contributed by atoms with E-state index in [-0.39, 0.29) is 11.3 Å². The van der Waals surface area contributed by atoms with Gasteiger partial charge < -0.3 is 15.3 Å². The molecule has 0 aliphatic rings. The fourth-order valence-electron chi connectivity index (χ4n) is 0.726. The number of nitrogens with zero attached hydrogens (tertiary/aromatic N) is 1. The third-order valence-electron chi connectivity index (χ3n) is 2.82. The first-order valence-electron chi connectivity index (χ1n) is 5.79. The van der Waals surface area contributed by atoms with E-state index in [0.717, 1.165) is 12.1 Å². The van der Waals surface area contributed by atoms with Crippen molar-refractivity contribution in [3.05, 3.63) is 39.9 Å². The van der Waals surface area contributed by atoms with E-state index >= 15 is 0 Å². The molecule has 0 aliphatic carbocycles. The highest BCUT2D eigenvalue weighted by Gasteiger charge is 2.31. The molecule has 1 aromatic rings. The quantitative estimate of drug-likeness (QED) is 0.575. The Hall–Kier alpha value is -1.99. The molecule has 0 bridgehead atoms. The number of rotatable bonds is 3. The largest absolute Gasteiger partial charge is 0.478 e. The van der Waals surface area contributed by atoms with Gasteiger partial charge in [-0.2, -0.15) is 0 Å². The first-order valence-corrected chi connectivity index (χ1v) is 5.79. The number of hydrogen-bond donors (Lipinski definition) is 3. The van der Waals surface area contributed by atoms with Gasteiger partial charge >= 0.3 is 5.97 Å². The molecular weight excluding hydrogens is 266 g/mol. The lowest BCUT2D eigenvalue weighted by molar-refractivity contribution is -0.384. The van der Waals surface area contributed by atoms with Crippen LogP contribution in [0.4, 0.5) is 5.69 Å². The van der Waals surface area contributed by atoms with Crippen LogP contribution >= 0.6 is 0 Å². The van der Waals surface area contributed by atoms with Gasteiger partial charge in [-0.05, 0) is 39.8 Å². The fraction of sp³-hybridized carbons (Fsp3) is 0.462. The monoisotopic (exact) mass is 285 g/mol. The second-order valence-electron chi connectivity index (χ2n) is 5.23. The summed E-state index contributed by atoms with van der Waals surface area (Å²) in [5.41, 5.74) is -2.08. The molecule has 0 spiro atoms. The molecule has 112 valence electrons. The molecule has 0 saturated carbocycles. The van der Waals surface area contributed by atoms with E-state index in [1.165, 1.54) is 12.1 Å². The van der Waals surface area contributed by atoms with Gasteiger partial charge in [0.2, 0.25) is 0 Å².